The molecule has 0 aliphatic carbocycles. The second kappa shape index (κ2) is 8.20. The summed E-state index contributed by atoms with van der Waals surface area (Å²) in [7, 11) is 0. The van der Waals surface area contributed by atoms with Crippen LogP contribution in [0.5, 0.6) is 0 Å². The van der Waals surface area contributed by atoms with E-state index in [0.29, 0.717) is 37.6 Å². The molecule has 1 aromatic rings. The molecular weight excluding hydrogens is 398 g/mol. The molecule has 0 bridgehead atoms. The molecule has 8 nitrogen and oxygen atoms in total. The van der Waals surface area contributed by atoms with Crippen LogP contribution in [0.3, 0.4) is 0 Å². The maximum absolute atomic E-state index is 13.1. The number of unbranched alkanes of at least 4 members (excludes halogenated alkanes) is 1. The summed E-state index contributed by atoms with van der Waals surface area (Å²) in [6.45, 7) is 5.59. The summed E-state index contributed by atoms with van der Waals surface area (Å²) >= 11 is 5.93. The van der Waals surface area contributed by atoms with Crippen LogP contribution in [0.15, 0.2) is 24.3 Å². The highest BCUT2D eigenvalue weighted by Gasteiger charge is 2.82. The van der Waals surface area contributed by atoms with Gasteiger partial charge in [0.1, 0.15) is 0 Å². The number of benzene rings is 1. The third-order valence-corrected chi connectivity index (χ3v) is 5.77. The number of rotatable bonds is 7. The molecular formula is C20H26ClN3O5. The standard InChI is InChI=1S/C20H26ClN3O5/c1-3-4-13-28-18(27)20(16(22)25)19(2,29-20)17(26)24-11-9-23(10-12-24)15-7-5-14(21)6-8-15/h5-8H,3-4,9-13H2,1-2H3,(H2,22,25). The second-order valence-electron chi connectivity index (χ2n) is 7.43. The van der Waals surface area contributed by atoms with Crippen molar-refractivity contribution in [3.05, 3.63) is 29.3 Å². The fraction of sp³-hybridized carbons (Fsp3) is 0.550. The summed E-state index contributed by atoms with van der Waals surface area (Å²) in [6, 6.07) is 7.49. The molecule has 2 unspecified atom stereocenters. The summed E-state index contributed by atoms with van der Waals surface area (Å²) in [5.41, 5.74) is 2.77. The van der Waals surface area contributed by atoms with E-state index in [9.17, 15) is 14.4 Å². The number of epoxide rings is 1. The Labute approximate surface area is 174 Å². The van der Waals surface area contributed by atoms with E-state index in [0.717, 1.165) is 12.1 Å². The largest absolute Gasteiger partial charge is 0.463 e. The van der Waals surface area contributed by atoms with E-state index in [1.165, 1.54) is 6.92 Å². The number of esters is 1. The third-order valence-electron chi connectivity index (χ3n) is 5.52. The highest BCUT2D eigenvalue weighted by molar-refractivity contribution is 6.30. The van der Waals surface area contributed by atoms with Gasteiger partial charge < -0.3 is 25.0 Å². The second-order valence-corrected chi connectivity index (χ2v) is 7.86. The van der Waals surface area contributed by atoms with Gasteiger partial charge in [-0.3, -0.25) is 9.59 Å². The van der Waals surface area contributed by atoms with Crippen LogP contribution in [0.25, 0.3) is 0 Å². The SMILES string of the molecule is CCCCOC(=O)C1(C(N)=O)OC1(C)C(=O)N1CCN(c2ccc(Cl)cc2)CC1. The molecule has 1 aromatic carbocycles. The molecule has 0 spiro atoms. The van der Waals surface area contributed by atoms with Crippen molar-refractivity contribution < 1.29 is 23.9 Å². The van der Waals surface area contributed by atoms with Crippen LogP contribution in [0.2, 0.25) is 5.02 Å². The van der Waals surface area contributed by atoms with Crippen molar-refractivity contribution in [1.29, 1.82) is 0 Å². The third kappa shape index (κ3) is 3.79. The summed E-state index contributed by atoms with van der Waals surface area (Å²) in [6.07, 6.45) is 1.48. The lowest BCUT2D eigenvalue weighted by atomic mass is 9.91. The molecule has 9 heteroatoms. The molecule has 0 saturated carbocycles. The monoisotopic (exact) mass is 423 g/mol. The summed E-state index contributed by atoms with van der Waals surface area (Å²) in [5.74, 6) is -2.33. The van der Waals surface area contributed by atoms with E-state index in [2.05, 4.69) is 4.90 Å². The number of hydrogen-bond acceptors (Lipinski definition) is 6. The molecule has 2 fully saturated rings. The molecule has 2 heterocycles. The van der Waals surface area contributed by atoms with Crippen LogP contribution in [0, 0.1) is 0 Å². The molecule has 2 amide bonds. The normalized spacial score (nSPS) is 26.2. The first-order chi connectivity index (χ1) is 13.8. The molecule has 29 heavy (non-hydrogen) atoms. The van der Waals surface area contributed by atoms with Crippen molar-refractivity contribution >= 4 is 35.1 Å². The molecule has 158 valence electrons. The molecule has 0 aromatic heterocycles. The van der Waals surface area contributed by atoms with Gasteiger partial charge in [0.2, 0.25) is 0 Å². The van der Waals surface area contributed by atoms with Gasteiger partial charge in [-0.1, -0.05) is 24.9 Å². The van der Waals surface area contributed by atoms with Gasteiger partial charge >= 0.3 is 5.97 Å². The highest BCUT2D eigenvalue weighted by atomic mass is 35.5. The number of anilines is 1. The van der Waals surface area contributed by atoms with Crippen molar-refractivity contribution in [1.82, 2.24) is 4.90 Å². The summed E-state index contributed by atoms with van der Waals surface area (Å²) in [5, 5.41) is 0.662. The van der Waals surface area contributed by atoms with Gasteiger partial charge in [-0.15, -0.1) is 0 Å². The number of primary amides is 1. The molecule has 2 aliphatic rings. The molecule has 2 atom stereocenters. The Balaban J connectivity index is 1.65. The Morgan fingerprint density at radius 2 is 1.79 bits per heavy atom. The van der Waals surface area contributed by atoms with Crippen LogP contribution in [-0.4, -0.2) is 66.7 Å². The van der Waals surface area contributed by atoms with E-state index in [4.69, 9.17) is 26.8 Å². The Kier molecular flexibility index (Phi) is 6.05. The zero-order chi connectivity index (χ0) is 21.2. The van der Waals surface area contributed by atoms with Gasteiger partial charge in [0.15, 0.2) is 5.60 Å². The van der Waals surface area contributed by atoms with Crippen molar-refractivity contribution in [3.8, 4) is 0 Å². The smallest absolute Gasteiger partial charge is 0.352 e. The average Bonchev–Trinajstić information content (AvgIpc) is 3.37. The highest BCUT2D eigenvalue weighted by Crippen LogP contribution is 2.50. The zero-order valence-corrected chi connectivity index (χ0v) is 17.4. The van der Waals surface area contributed by atoms with Crippen LogP contribution in [-0.2, 0) is 23.9 Å². The molecule has 2 N–H and O–H groups in total. The van der Waals surface area contributed by atoms with Gasteiger partial charge in [0.25, 0.3) is 17.4 Å². The summed E-state index contributed by atoms with van der Waals surface area (Å²) in [4.78, 5) is 41.3. The first-order valence-electron chi connectivity index (χ1n) is 9.73. The maximum Gasteiger partial charge on any atom is 0.352 e. The molecule has 2 aliphatic heterocycles. The van der Waals surface area contributed by atoms with E-state index >= 15 is 0 Å². The Hall–Kier alpha value is -2.32. The average molecular weight is 424 g/mol. The quantitative estimate of drug-likeness (QED) is 0.307. The van der Waals surface area contributed by atoms with E-state index < -0.39 is 29.0 Å². The van der Waals surface area contributed by atoms with E-state index in [1.807, 2.05) is 31.2 Å². The number of ether oxygens (including phenoxy) is 2. The first kappa shape index (κ1) is 21.4. The predicted molar refractivity (Wildman–Crippen MR) is 108 cm³/mol. The Morgan fingerprint density at radius 3 is 2.34 bits per heavy atom. The molecule has 0 radical (unpaired) electrons. The fourth-order valence-corrected chi connectivity index (χ4v) is 3.76. The van der Waals surface area contributed by atoms with Crippen LogP contribution >= 0.6 is 11.6 Å². The topological polar surface area (TPSA) is 105 Å². The Morgan fingerprint density at radius 1 is 1.17 bits per heavy atom. The number of carbonyl (C=O) groups is 3. The van der Waals surface area contributed by atoms with Crippen molar-refractivity contribution in [3.63, 3.8) is 0 Å². The minimum atomic E-state index is -2.05. The van der Waals surface area contributed by atoms with E-state index in [-0.39, 0.29) is 6.61 Å². The summed E-state index contributed by atoms with van der Waals surface area (Å²) < 4.78 is 10.6. The van der Waals surface area contributed by atoms with Crippen LogP contribution < -0.4 is 10.6 Å². The number of halogens is 1. The van der Waals surface area contributed by atoms with Crippen LogP contribution in [0.4, 0.5) is 5.69 Å². The van der Waals surface area contributed by atoms with Gasteiger partial charge in [-0.05, 0) is 37.6 Å². The fourth-order valence-electron chi connectivity index (χ4n) is 3.63. The minimum Gasteiger partial charge on any atom is -0.463 e. The Bertz CT molecular complexity index is 794. The minimum absolute atomic E-state index is 0.151. The zero-order valence-electron chi connectivity index (χ0n) is 16.7. The van der Waals surface area contributed by atoms with E-state index in [1.54, 1.807) is 4.90 Å². The lowest BCUT2D eigenvalue weighted by molar-refractivity contribution is -0.154. The lowest BCUT2D eigenvalue weighted by Gasteiger charge is -2.37. The number of nitrogens with two attached hydrogens (primary N) is 1. The van der Waals surface area contributed by atoms with Gasteiger partial charge in [0.05, 0.1) is 6.61 Å². The molecule has 3 rings (SSSR count). The van der Waals surface area contributed by atoms with Gasteiger partial charge in [-0.25, -0.2) is 4.79 Å². The number of hydrogen-bond donors (Lipinski definition) is 1. The number of nitrogens with zero attached hydrogens (tertiary/aromatic N) is 2. The number of amides is 2. The lowest BCUT2D eigenvalue weighted by Crippen LogP contribution is -2.56. The number of piperazine rings is 1. The van der Waals surface area contributed by atoms with Crippen molar-refractivity contribution in [2.75, 3.05) is 37.7 Å². The van der Waals surface area contributed by atoms with Crippen molar-refractivity contribution in [2.24, 2.45) is 5.73 Å². The van der Waals surface area contributed by atoms with Crippen molar-refractivity contribution in [2.45, 2.75) is 37.9 Å². The van der Waals surface area contributed by atoms with Gasteiger partial charge in [-0.2, -0.15) is 0 Å². The van der Waals surface area contributed by atoms with Crippen LogP contribution in [0.1, 0.15) is 26.7 Å². The van der Waals surface area contributed by atoms with Gasteiger partial charge in [0, 0.05) is 36.9 Å². The first-order valence-corrected chi connectivity index (χ1v) is 10.1. The molecule has 2 saturated heterocycles. The predicted octanol–water partition coefficient (Wildman–Crippen LogP) is 1.34. The number of carbonyl (C=O) groups excluding carboxylic acids is 3. The maximum atomic E-state index is 13.1.